The van der Waals surface area contributed by atoms with Gasteiger partial charge in [-0.2, -0.15) is 0 Å². The highest BCUT2D eigenvalue weighted by molar-refractivity contribution is 5.10. The molecule has 1 aliphatic rings. The van der Waals surface area contributed by atoms with Gasteiger partial charge in [0.05, 0.1) is 6.61 Å². The van der Waals surface area contributed by atoms with Crippen LogP contribution in [0.15, 0.2) is 24.5 Å². The minimum atomic E-state index is 0.0827. The molecule has 0 saturated heterocycles. The predicted octanol–water partition coefficient (Wildman–Crippen LogP) is 0.654. The number of nitrogens with two attached hydrogens (primary N) is 1. The number of aromatic nitrogens is 1. The highest BCUT2D eigenvalue weighted by atomic mass is 16.3. The molecule has 3 N–H and O–H groups in total. The van der Waals surface area contributed by atoms with Gasteiger partial charge < -0.3 is 10.8 Å². The van der Waals surface area contributed by atoms with Crippen LogP contribution in [0.2, 0.25) is 0 Å². The number of rotatable bonds is 7. The zero-order valence-corrected chi connectivity index (χ0v) is 11.0. The van der Waals surface area contributed by atoms with E-state index in [1.165, 1.54) is 18.4 Å². The monoisotopic (exact) mass is 249 g/mol. The van der Waals surface area contributed by atoms with Crippen molar-refractivity contribution in [1.82, 2.24) is 9.88 Å². The van der Waals surface area contributed by atoms with Crippen LogP contribution in [0.1, 0.15) is 18.4 Å². The summed E-state index contributed by atoms with van der Waals surface area (Å²) in [4.78, 5) is 6.19. The van der Waals surface area contributed by atoms with Gasteiger partial charge in [0.15, 0.2) is 0 Å². The van der Waals surface area contributed by atoms with E-state index in [1.807, 2.05) is 31.6 Å². The number of likely N-dealkylation sites (N-methyl/N-ethyl adjacent to an activating group) is 1. The summed E-state index contributed by atoms with van der Waals surface area (Å²) in [6, 6.07) is 4.25. The first kappa shape index (κ1) is 13.5. The number of aliphatic hydroxyl groups is 1. The van der Waals surface area contributed by atoms with E-state index in [1.54, 1.807) is 0 Å². The van der Waals surface area contributed by atoms with Crippen LogP contribution in [0, 0.1) is 5.92 Å². The van der Waals surface area contributed by atoms with Crippen LogP contribution in [-0.2, 0) is 6.42 Å². The molecule has 2 unspecified atom stereocenters. The lowest BCUT2D eigenvalue weighted by atomic mass is 10.0. The summed E-state index contributed by atoms with van der Waals surface area (Å²) in [7, 11) is 2.05. The lowest BCUT2D eigenvalue weighted by Gasteiger charge is -2.31. The SMILES string of the molecule is CN(CCc1ccncc1)C(CO)C(N)C1CC1. The Balaban J connectivity index is 1.83. The fourth-order valence-electron chi connectivity index (χ4n) is 2.37. The van der Waals surface area contributed by atoms with E-state index in [9.17, 15) is 5.11 Å². The Bertz CT molecular complexity index is 353. The lowest BCUT2D eigenvalue weighted by Crippen LogP contribution is -2.50. The zero-order chi connectivity index (χ0) is 13.0. The number of hydrogen-bond acceptors (Lipinski definition) is 4. The third kappa shape index (κ3) is 3.51. The number of hydrogen-bond donors (Lipinski definition) is 2. The molecule has 1 fully saturated rings. The Morgan fingerprint density at radius 1 is 1.44 bits per heavy atom. The molecule has 4 heteroatoms. The van der Waals surface area contributed by atoms with E-state index in [0.717, 1.165) is 13.0 Å². The van der Waals surface area contributed by atoms with E-state index in [4.69, 9.17) is 5.73 Å². The molecule has 4 nitrogen and oxygen atoms in total. The van der Waals surface area contributed by atoms with Gasteiger partial charge in [0.25, 0.3) is 0 Å². The van der Waals surface area contributed by atoms with Gasteiger partial charge in [0.1, 0.15) is 0 Å². The third-order valence-electron chi connectivity index (χ3n) is 3.87. The molecule has 1 heterocycles. The maximum absolute atomic E-state index is 9.51. The van der Waals surface area contributed by atoms with E-state index in [2.05, 4.69) is 9.88 Å². The Kier molecular flexibility index (Phi) is 4.69. The van der Waals surface area contributed by atoms with Crippen molar-refractivity contribution in [1.29, 1.82) is 0 Å². The molecule has 0 bridgehead atoms. The van der Waals surface area contributed by atoms with Gasteiger partial charge >= 0.3 is 0 Å². The van der Waals surface area contributed by atoms with Crippen molar-refractivity contribution < 1.29 is 5.11 Å². The second kappa shape index (κ2) is 6.27. The molecule has 0 amide bonds. The van der Waals surface area contributed by atoms with Crippen molar-refractivity contribution in [2.24, 2.45) is 11.7 Å². The Hall–Kier alpha value is -0.970. The van der Waals surface area contributed by atoms with Crippen molar-refractivity contribution in [3.63, 3.8) is 0 Å². The van der Waals surface area contributed by atoms with Gasteiger partial charge in [-0.15, -0.1) is 0 Å². The largest absolute Gasteiger partial charge is 0.395 e. The van der Waals surface area contributed by atoms with Gasteiger partial charge in [-0.05, 0) is 49.9 Å². The number of aliphatic hydroxyl groups excluding tert-OH is 1. The average molecular weight is 249 g/mol. The smallest absolute Gasteiger partial charge is 0.0601 e. The first-order chi connectivity index (χ1) is 8.72. The molecule has 18 heavy (non-hydrogen) atoms. The maximum atomic E-state index is 9.51. The average Bonchev–Trinajstić information content (AvgIpc) is 3.22. The van der Waals surface area contributed by atoms with Crippen LogP contribution < -0.4 is 5.73 Å². The van der Waals surface area contributed by atoms with Crippen LogP contribution in [0.25, 0.3) is 0 Å². The summed E-state index contributed by atoms with van der Waals surface area (Å²) in [5.41, 5.74) is 7.46. The first-order valence-corrected chi connectivity index (χ1v) is 6.68. The summed E-state index contributed by atoms with van der Waals surface area (Å²) in [5.74, 6) is 0.616. The highest BCUT2D eigenvalue weighted by Crippen LogP contribution is 2.33. The van der Waals surface area contributed by atoms with Gasteiger partial charge in [0, 0.05) is 31.0 Å². The van der Waals surface area contributed by atoms with Gasteiger partial charge in [-0.1, -0.05) is 0 Å². The van der Waals surface area contributed by atoms with Crippen molar-refractivity contribution in [3.05, 3.63) is 30.1 Å². The maximum Gasteiger partial charge on any atom is 0.0601 e. The Morgan fingerprint density at radius 3 is 2.67 bits per heavy atom. The van der Waals surface area contributed by atoms with E-state index in [-0.39, 0.29) is 18.7 Å². The van der Waals surface area contributed by atoms with Crippen LogP contribution in [0.4, 0.5) is 0 Å². The van der Waals surface area contributed by atoms with E-state index in [0.29, 0.717) is 5.92 Å². The third-order valence-corrected chi connectivity index (χ3v) is 3.87. The minimum Gasteiger partial charge on any atom is -0.395 e. The van der Waals surface area contributed by atoms with Crippen molar-refractivity contribution >= 4 is 0 Å². The summed E-state index contributed by atoms with van der Waals surface area (Å²) < 4.78 is 0. The van der Waals surface area contributed by atoms with E-state index < -0.39 is 0 Å². The van der Waals surface area contributed by atoms with Crippen molar-refractivity contribution in [2.75, 3.05) is 20.2 Å². The first-order valence-electron chi connectivity index (χ1n) is 6.68. The summed E-state index contributed by atoms with van der Waals surface area (Å²) in [6.07, 6.45) is 7.03. The molecule has 2 atom stereocenters. The molecule has 1 aromatic heterocycles. The molecule has 1 aliphatic carbocycles. The molecule has 1 saturated carbocycles. The second-order valence-corrected chi connectivity index (χ2v) is 5.25. The molecule has 0 aliphatic heterocycles. The fourth-order valence-corrected chi connectivity index (χ4v) is 2.37. The minimum absolute atomic E-state index is 0.0827. The molecule has 2 rings (SSSR count). The second-order valence-electron chi connectivity index (χ2n) is 5.25. The number of nitrogens with zero attached hydrogens (tertiary/aromatic N) is 2. The van der Waals surface area contributed by atoms with Crippen LogP contribution in [0.5, 0.6) is 0 Å². The molecular weight excluding hydrogens is 226 g/mol. The molecule has 0 radical (unpaired) electrons. The number of pyridine rings is 1. The summed E-state index contributed by atoms with van der Waals surface area (Å²) in [6.45, 7) is 1.06. The Labute approximate surface area is 109 Å². The predicted molar refractivity (Wildman–Crippen MR) is 72.1 cm³/mol. The highest BCUT2D eigenvalue weighted by Gasteiger charge is 2.35. The molecule has 1 aromatic rings. The molecule has 0 spiro atoms. The van der Waals surface area contributed by atoms with E-state index >= 15 is 0 Å². The van der Waals surface area contributed by atoms with Crippen LogP contribution in [0.3, 0.4) is 0 Å². The summed E-state index contributed by atoms with van der Waals surface area (Å²) >= 11 is 0. The molecule has 0 aromatic carbocycles. The fraction of sp³-hybridized carbons (Fsp3) is 0.643. The molecule has 100 valence electrons. The zero-order valence-electron chi connectivity index (χ0n) is 11.0. The van der Waals surface area contributed by atoms with Crippen molar-refractivity contribution in [2.45, 2.75) is 31.3 Å². The quantitative estimate of drug-likeness (QED) is 0.745. The standard InChI is InChI=1S/C14H23N3O/c1-17(9-6-11-4-7-16-8-5-11)13(10-18)14(15)12-2-3-12/h4-5,7-8,12-14,18H,2-3,6,9-10,15H2,1H3. The Morgan fingerprint density at radius 2 is 2.11 bits per heavy atom. The summed E-state index contributed by atoms with van der Waals surface area (Å²) in [5, 5.41) is 9.51. The van der Waals surface area contributed by atoms with Crippen LogP contribution in [-0.4, -0.2) is 47.3 Å². The van der Waals surface area contributed by atoms with Gasteiger partial charge in [-0.3, -0.25) is 9.88 Å². The lowest BCUT2D eigenvalue weighted by molar-refractivity contribution is 0.121. The van der Waals surface area contributed by atoms with Crippen LogP contribution >= 0.6 is 0 Å². The van der Waals surface area contributed by atoms with Gasteiger partial charge in [0.2, 0.25) is 0 Å². The van der Waals surface area contributed by atoms with Gasteiger partial charge in [-0.25, -0.2) is 0 Å². The normalized spacial score (nSPS) is 18.9. The topological polar surface area (TPSA) is 62.4 Å². The molecular formula is C14H23N3O. The van der Waals surface area contributed by atoms with Crippen molar-refractivity contribution in [3.8, 4) is 0 Å².